The van der Waals surface area contributed by atoms with E-state index in [-0.39, 0.29) is 12.2 Å². The van der Waals surface area contributed by atoms with Gasteiger partial charge in [-0.1, -0.05) is 12.1 Å². The molecule has 2 amide bonds. The molecule has 1 aliphatic heterocycles. The van der Waals surface area contributed by atoms with Gasteiger partial charge in [0.1, 0.15) is 12.4 Å². The molecule has 1 N–H and O–H groups in total. The van der Waals surface area contributed by atoms with Crippen molar-refractivity contribution in [1.29, 1.82) is 0 Å². The number of rotatable bonds is 4. The van der Waals surface area contributed by atoms with Crippen molar-refractivity contribution < 1.29 is 32.2 Å². The van der Waals surface area contributed by atoms with Gasteiger partial charge in [-0.15, -0.1) is 13.2 Å². The van der Waals surface area contributed by atoms with Gasteiger partial charge in [0.25, 0.3) is 5.91 Å². The molecule has 0 aliphatic carbocycles. The van der Waals surface area contributed by atoms with Crippen LogP contribution in [0.3, 0.4) is 0 Å². The second-order valence-corrected chi connectivity index (χ2v) is 5.31. The van der Waals surface area contributed by atoms with Crippen LogP contribution in [0.4, 0.5) is 29.3 Å². The number of ether oxygens (including phenoxy) is 2. The van der Waals surface area contributed by atoms with Gasteiger partial charge in [0.15, 0.2) is 0 Å². The molecule has 3 rings (SSSR count). The third-order valence-electron chi connectivity index (χ3n) is 3.55. The van der Waals surface area contributed by atoms with Crippen LogP contribution in [0.25, 0.3) is 0 Å². The highest BCUT2D eigenvalue weighted by Crippen LogP contribution is 2.29. The molecule has 2 aromatic carbocycles. The lowest BCUT2D eigenvalue weighted by molar-refractivity contribution is -0.274. The molecule has 1 saturated heterocycles. The Kier molecular flexibility index (Phi) is 4.70. The molecule has 136 valence electrons. The van der Waals surface area contributed by atoms with Crippen molar-refractivity contribution >= 4 is 23.4 Å². The number of hydrogen-bond acceptors (Lipinski definition) is 4. The molecule has 0 bridgehead atoms. The van der Waals surface area contributed by atoms with Crippen LogP contribution < -0.4 is 15.0 Å². The number of nitrogens with zero attached hydrogens (tertiary/aromatic N) is 1. The SMILES string of the molecule is O=C(Nc1ccccc1N1CCOC1=O)c1ccc(OC(F)(F)F)cc1. The van der Waals surface area contributed by atoms with Gasteiger partial charge in [-0.2, -0.15) is 0 Å². The van der Waals surface area contributed by atoms with Crippen LogP contribution in [-0.4, -0.2) is 31.5 Å². The molecular formula is C17H13F3N2O4. The van der Waals surface area contributed by atoms with E-state index in [1.807, 2.05) is 0 Å². The summed E-state index contributed by atoms with van der Waals surface area (Å²) in [4.78, 5) is 25.5. The van der Waals surface area contributed by atoms with Crippen LogP contribution in [0.1, 0.15) is 10.4 Å². The molecule has 6 nitrogen and oxygen atoms in total. The predicted octanol–water partition coefficient (Wildman–Crippen LogP) is 3.79. The maximum absolute atomic E-state index is 12.4. The Morgan fingerprint density at radius 1 is 1.12 bits per heavy atom. The van der Waals surface area contributed by atoms with Crippen molar-refractivity contribution in [3.8, 4) is 5.75 Å². The highest BCUT2D eigenvalue weighted by molar-refractivity contribution is 6.07. The minimum absolute atomic E-state index is 0.137. The lowest BCUT2D eigenvalue weighted by atomic mass is 10.2. The highest BCUT2D eigenvalue weighted by atomic mass is 19.4. The maximum atomic E-state index is 12.4. The number of hydrogen-bond donors (Lipinski definition) is 1. The zero-order valence-corrected chi connectivity index (χ0v) is 13.2. The summed E-state index contributed by atoms with van der Waals surface area (Å²) in [5.74, 6) is -0.960. The second kappa shape index (κ2) is 6.95. The third-order valence-corrected chi connectivity index (χ3v) is 3.55. The molecule has 1 heterocycles. The molecule has 9 heteroatoms. The Hall–Kier alpha value is -3.23. The molecule has 0 atom stereocenters. The van der Waals surface area contributed by atoms with Crippen LogP contribution >= 0.6 is 0 Å². The molecule has 0 spiro atoms. The molecule has 2 aromatic rings. The topological polar surface area (TPSA) is 67.9 Å². The molecule has 1 fully saturated rings. The van der Waals surface area contributed by atoms with Crippen LogP contribution in [0.5, 0.6) is 5.75 Å². The van der Waals surface area contributed by atoms with Gasteiger partial charge >= 0.3 is 12.5 Å². The van der Waals surface area contributed by atoms with Crippen molar-refractivity contribution in [2.24, 2.45) is 0 Å². The van der Waals surface area contributed by atoms with Gasteiger partial charge in [-0.25, -0.2) is 4.79 Å². The average molecular weight is 366 g/mol. The van der Waals surface area contributed by atoms with Crippen molar-refractivity contribution in [3.05, 3.63) is 54.1 Å². The fourth-order valence-corrected chi connectivity index (χ4v) is 2.43. The first-order valence-corrected chi connectivity index (χ1v) is 7.54. The summed E-state index contributed by atoms with van der Waals surface area (Å²) in [5.41, 5.74) is 0.991. The molecule has 0 radical (unpaired) electrons. The van der Waals surface area contributed by atoms with E-state index < -0.39 is 24.1 Å². The molecule has 0 aromatic heterocycles. The first kappa shape index (κ1) is 17.6. The number of alkyl halides is 3. The molecule has 0 unspecified atom stereocenters. The summed E-state index contributed by atoms with van der Waals surface area (Å²) in [7, 11) is 0. The third kappa shape index (κ3) is 4.05. The smallest absolute Gasteiger partial charge is 0.447 e. The number of para-hydroxylation sites is 2. The number of halogens is 3. The summed E-state index contributed by atoms with van der Waals surface area (Å²) < 4.78 is 45.2. The van der Waals surface area contributed by atoms with E-state index in [1.165, 1.54) is 17.0 Å². The standard InChI is InChI=1S/C17H13F3N2O4/c18-17(19,20)26-12-7-5-11(6-8-12)15(23)21-13-3-1-2-4-14(13)22-9-10-25-16(22)24/h1-8H,9-10H2,(H,21,23). The number of cyclic esters (lactones) is 1. The van der Waals surface area contributed by atoms with E-state index in [1.54, 1.807) is 24.3 Å². The number of carbonyl (C=O) groups is 2. The average Bonchev–Trinajstić information content (AvgIpc) is 3.00. The maximum Gasteiger partial charge on any atom is 0.573 e. The Labute approximate surface area is 146 Å². The van der Waals surface area contributed by atoms with Gasteiger partial charge in [0, 0.05) is 5.56 Å². The Morgan fingerprint density at radius 3 is 2.42 bits per heavy atom. The predicted molar refractivity (Wildman–Crippen MR) is 86.2 cm³/mol. The number of amides is 2. The first-order chi connectivity index (χ1) is 12.3. The Bertz CT molecular complexity index is 822. The van der Waals surface area contributed by atoms with Gasteiger partial charge in [0.05, 0.1) is 17.9 Å². The summed E-state index contributed by atoms with van der Waals surface area (Å²) >= 11 is 0. The van der Waals surface area contributed by atoms with Gasteiger partial charge in [-0.05, 0) is 36.4 Å². The van der Waals surface area contributed by atoms with E-state index in [2.05, 4.69) is 10.1 Å². The summed E-state index contributed by atoms with van der Waals surface area (Å²) in [6.07, 6.45) is -5.31. The monoisotopic (exact) mass is 366 g/mol. The Balaban J connectivity index is 1.75. The zero-order chi connectivity index (χ0) is 18.7. The lowest BCUT2D eigenvalue weighted by Gasteiger charge is -2.17. The van der Waals surface area contributed by atoms with E-state index in [0.717, 1.165) is 12.1 Å². The normalized spacial score (nSPS) is 14.1. The van der Waals surface area contributed by atoms with Crippen molar-refractivity contribution in [1.82, 2.24) is 0 Å². The number of benzene rings is 2. The lowest BCUT2D eigenvalue weighted by Crippen LogP contribution is -2.25. The van der Waals surface area contributed by atoms with Crippen LogP contribution in [0.2, 0.25) is 0 Å². The fraction of sp³-hybridized carbons (Fsp3) is 0.176. The van der Waals surface area contributed by atoms with Crippen molar-refractivity contribution in [3.63, 3.8) is 0 Å². The number of anilines is 2. The number of nitrogens with one attached hydrogen (secondary N) is 1. The van der Waals surface area contributed by atoms with Gasteiger partial charge in [0.2, 0.25) is 0 Å². The molecule has 1 aliphatic rings. The van der Waals surface area contributed by atoms with E-state index >= 15 is 0 Å². The summed E-state index contributed by atoms with van der Waals surface area (Å²) in [6, 6.07) is 11.2. The van der Waals surface area contributed by atoms with Gasteiger partial charge in [-0.3, -0.25) is 9.69 Å². The van der Waals surface area contributed by atoms with Crippen molar-refractivity contribution in [2.45, 2.75) is 6.36 Å². The summed E-state index contributed by atoms with van der Waals surface area (Å²) in [6.45, 7) is 0.608. The zero-order valence-electron chi connectivity index (χ0n) is 13.2. The van der Waals surface area contributed by atoms with E-state index in [0.29, 0.717) is 17.9 Å². The Morgan fingerprint density at radius 2 is 1.81 bits per heavy atom. The molecule has 26 heavy (non-hydrogen) atoms. The van der Waals surface area contributed by atoms with Crippen LogP contribution in [0, 0.1) is 0 Å². The number of carbonyl (C=O) groups excluding carboxylic acids is 2. The van der Waals surface area contributed by atoms with E-state index in [9.17, 15) is 22.8 Å². The minimum Gasteiger partial charge on any atom is -0.447 e. The minimum atomic E-state index is -4.80. The first-order valence-electron chi connectivity index (χ1n) is 7.54. The molecular weight excluding hydrogens is 353 g/mol. The summed E-state index contributed by atoms with van der Waals surface area (Å²) in [5, 5.41) is 2.64. The van der Waals surface area contributed by atoms with Crippen molar-refractivity contribution in [2.75, 3.05) is 23.4 Å². The molecule has 0 saturated carbocycles. The van der Waals surface area contributed by atoms with E-state index in [4.69, 9.17) is 4.74 Å². The largest absolute Gasteiger partial charge is 0.573 e. The highest BCUT2D eigenvalue weighted by Gasteiger charge is 2.31. The second-order valence-electron chi connectivity index (χ2n) is 5.31. The van der Waals surface area contributed by atoms with Crippen LogP contribution in [0.15, 0.2) is 48.5 Å². The quantitative estimate of drug-likeness (QED) is 0.894. The van der Waals surface area contributed by atoms with Crippen LogP contribution in [-0.2, 0) is 4.74 Å². The fourth-order valence-electron chi connectivity index (χ4n) is 2.43. The van der Waals surface area contributed by atoms with Gasteiger partial charge < -0.3 is 14.8 Å².